The highest BCUT2D eigenvalue weighted by atomic mass is 16.4. The number of carboxylic acid groups (broad SMARTS) is 1. The molecule has 0 aliphatic heterocycles. The maximum absolute atomic E-state index is 10.7. The Bertz CT molecular complexity index is 398. The monoisotopic (exact) mass is 269 g/mol. The Morgan fingerprint density at radius 1 is 1.37 bits per heavy atom. The fourth-order valence-electron chi connectivity index (χ4n) is 2.10. The predicted octanol–water partition coefficient (Wildman–Crippen LogP) is 2.43. The molecule has 0 saturated carbocycles. The number of nitrogens with one attached hydrogen (secondary N) is 1. The minimum Gasteiger partial charge on any atom is -0.475 e. The molecule has 0 spiro atoms. The van der Waals surface area contributed by atoms with Crippen molar-refractivity contribution in [2.45, 2.75) is 45.8 Å². The van der Waals surface area contributed by atoms with Crippen LogP contribution in [0.4, 0.5) is 0 Å². The number of aliphatic hydroxyl groups is 1. The number of aromatic carboxylic acids is 1. The zero-order valence-electron chi connectivity index (χ0n) is 11.7. The van der Waals surface area contributed by atoms with Crippen molar-refractivity contribution in [2.75, 3.05) is 6.54 Å². The van der Waals surface area contributed by atoms with Gasteiger partial charge >= 0.3 is 5.97 Å². The first kappa shape index (κ1) is 15.7. The minimum absolute atomic E-state index is 0.0656. The summed E-state index contributed by atoms with van der Waals surface area (Å²) in [6, 6.07) is 2.95. The lowest BCUT2D eigenvalue weighted by Crippen LogP contribution is -2.33. The fourth-order valence-corrected chi connectivity index (χ4v) is 2.10. The summed E-state index contributed by atoms with van der Waals surface area (Å²) in [5, 5.41) is 22.0. The van der Waals surface area contributed by atoms with Gasteiger partial charge in [0.05, 0.1) is 12.1 Å². The first-order valence-corrected chi connectivity index (χ1v) is 6.74. The molecule has 1 aromatic heterocycles. The van der Waals surface area contributed by atoms with Crippen molar-refractivity contribution in [3.8, 4) is 0 Å². The summed E-state index contributed by atoms with van der Waals surface area (Å²) >= 11 is 0. The third-order valence-electron chi connectivity index (χ3n) is 3.49. The van der Waals surface area contributed by atoms with Gasteiger partial charge < -0.3 is 19.9 Å². The van der Waals surface area contributed by atoms with Crippen LogP contribution in [0, 0.1) is 5.92 Å². The Kier molecular flexibility index (Phi) is 6.05. The number of carboxylic acids is 1. The second kappa shape index (κ2) is 7.31. The van der Waals surface area contributed by atoms with E-state index in [0.29, 0.717) is 12.3 Å². The summed E-state index contributed by atoms with van der Waals surface area (Å²) in [5.41, 5.74) is 0. The summed E-state index contributed by atoms with van der Waals surface area (Å²) in [7, 11) is 0. The molecule has 2 unspecified atom stereocenters. The average Bonchev–Trinajstić information content (AvgIpc) is 2.87. The Balaban J connectivity index is 2.50. The van der Waals surface area contributed by atoms with E-state index in [9.17, 15) is 9.90 Å². The molecule has 19 heavy (non-hydrogen) atoms. The molecule has 5 nitrogen and oxygen atoms in total. The van der Waals surface area contributed by atoms with Crippen LogP contribution in [0.2, 0.25) is 0 Å². The van der Waals surface area contributed by atoms with Crippen molar-refractivity contribution in [2.24, 2.45) is 5.92 Å². The molecule has 3 N–H and O–H groups in total. The van der Waals surface area contributed by atoms with Crippen LogP contribution < -0.4 is 5.32 Å². The van der Waals surface area contributed by atoms with Crippen LogP contribution in [0.5, 0.6) is 0 Å². The normalized spacial score (nSPS) is 14.6. The van der Waals surface area contributed by atoms with E-state index in [1.807, 2.05) is 6.92 Å². The van der Waals surface area contributed by atoms with Crippen LogP contribution in [-0.2, 0) is 0 Å². The predicted molar refractivity (Wildman–Crippen MR) is 72.2 cm³/mol. The van der Waals surface area contributed by atoms with Gasteiger partial charge in [0, 0.05) is 6.54 Å². The highest BCUT2D eigenvalue weighted by Gasteiger charge is 2.18. The highest BCUT2D eigenvalue weighted by Crippen LogP contribution is 2.18. The van der Waals surface area contributed by atoms with Gasteiger partial charge in [0.2, 0.25) is 5.76 Å². The Hall–Kier alpha value is -1.33. The van der Waals surface area contributed by atoms with Gasteiger partial charge in [-0.05, 0) is 25.0 Å². The van der Waals surface area contributed by atoms with Crippen LogP contribution in [-0.4, -0.2) is 28.8 Å². The molecular formula is C14H23NO4. The lowest BCUT2D eigenvalue weighted by Gasteiger charge is -2.22. The first-order chi connectivity index (χ1) is 8.99. The summed E-state index contributed by atoms with van der Waals surface area (Å²) < 4.78 is 5.21. The fraction of sp³-hybridized carbons (Fsp3) is 0.643. The maximum atomic E-state index is 10.7. The Morgan fingerprint density at radius 2 is 2.00 bits per heavy atom. The summed E-state index contributed by atoms with van der Waals surface area (Å²) in [5.74, 6) is -0.292. The van der Waals surface area contributed by atoms with Crippen LogP contribution in [0.15, 0.2) is 16.5 Å². The van der Waals surface area contributed by atoms with Gasteiger partial charge in [0.25, 0.3) is 0 Å². The lowest BCUT2D eigenvalue weighted by atomic mass is 9.96. The van der Waals surface area contributed by atoms with Crippen molar-refractivity contribution in [3.05, 3.63) is 23.7 Å². The van der Waals surface area contributed by atoms with E-state index in [4.69, 9.17) is 9.52 Å². The zero-order chi connectivity index (χ0) is 14.4. The molecule has 0 amide bonds. The van der Waals surface area contributed by atoms with Crippen molar-refractivity contribution in [3.63, 3.8) is 0 Å². The number of hydrogen-bond donors (Lipinski definition) is 3. The zero-order valence-corrected chi connectivity index (χ0v) is 11.7. The van der Waals surface area contributed by atoms with Crippen molar-refractivity contribution < 1.29 is 19.4 Å². The quantitative estimate of drug-likeness (QED) is 0.675. The molecule has 0 bridgehead atoms. The van der Waals surface area contributed by atoms with E-state index < -0.39 is 12.1 Å². The average molecular weight is 269 g/mol. The number of hydrogen-bond acceptors (Lipinski definition) is 4. The SMILES string of the molecule is CCC(CC)C(O)CNC(C)c1ccc(C(=O)O)o1. The molecule has 0 radical (unpaired) electrons. The van der Waals surface area contributed by atoms with Crippen LogP contribution in [0.25, 0.3) is 0 Å². The van der Waals surface area contributed by atoms with E-state index in [0.717, 1.165) is 12.8 Å². The number of carbonyl (C=O) groups is 1. The molecular weight excluding hydrogens is 246 g/mol. The van der Waals surface area contributed by atoms with Crippen LogP contribution in [0.1, 0.15) is 56.0 Å². The molecule has 5 heteroatoms. The molecule has 2 atom stereocenters. The number of rotatable bonds is 8. The van der Waals surface area contributed by atoms with Crippen molar-refractivity contribution in [1.82, 2.24) is 5.32 Å². The van der Waals surface area contributed by atoms with Gasteiger partial charge in [-0.2, -0.15) is 0 Å². The summed E-state index contributed by atoms with van der Waals surface area (Å²) in [4.78, 5) is 10.7. The standard InChI is InChI=1S/C14H23NO4/c1-4-10(5-2)11(16)8-15-9(3)12-6-7-13(19-12)14(17)18/h6-7,9-11,15-16H,4-5,8H2,1-3H3,(H,17,18). The third kappa shape index (κ3) is 4.36. The molecule has 1 heterocycles. The minimum atomic E-state index is -1.07. The second-order valence-electron chi connectivity index (χ2n) is 4.78. The smallest absolute Gasteiger partial charge is 0.371 e. The molecule has 0 saturated heterocycles. The summed E-state index contributed by atoms with van der Waals surface area (Å²) in [6.45, 7) is 6.47. The van der Waals surface area contributed by atoms with Gasteiger partial charge in [-0.1, -0.05) is 26.7 Å². The molecule has 1 aromatic rings. The Morgan fingerprint density at radius 3 is 2.47 bits per heavy atom. The largest absolute Gasteiger partial charge is 0.475 e. The molecule has 108 valence electrons. The van der Waals surface area contributed by atoms with E-state index in [-0.39, 0.29) is 17.7 Å². The second-order valence-corrected chi connectivity index (χ2v) is 4.78. The third-order valence-corrected chi connectivity index (χ3v) is 3.49. The maximum Gasteiger partial charge on any atom is 0.371 e. The van der Waals surface area contributed by atoms with Gasteiger partial charge in [-0.25, -0.2) is 4.79 Å². The van der Waals surface area contributed by atoms with Gasteiger partial charge in [0.15, 0.2) is 0 Å². The Labute approximate surface area is 113 Å². The number of furan rings is 1. The van der Waals surface area contributed by atoms with Crippen LogP contribution in [0.3, 0.4) is 0 Å². The van der Waals surface area contributed by atoms with E-state index >= 15 is 0 Å². The highest BCUT2D eigenvalue weighted by molar-refractivity contribution is 5.84. The van der Waals surface area contributed by atoms with E-state index in [2.05, 4.69) is 19.2 Å². The van der Waals surface area contributed by atoms with Crippen molar-refractivity contribution >= 4 is 5.97 Å². The van der Waals surface area contributed by atoms with Gasteiger partial charge in [0.1, 0.15) is 5.76 Å². The van der Waals surface area contributed by atoms with E-state index in [1.165, 1.54) is 6.07 Å². The van der Waals surface area contributed by atoms with Crippen LogP contribution >= 0.6 is 0 Å². The molecule has 0 aromatic carbocycles. The lowest BCUT2D eigenvalue weighted by molar-refractivity contribution is 0.0658. The topological polar surface area (TPSA) is 82.7 Å². The summed E-state index contributed by atoms with van der Waals surface area (Å²) in [6.07, 6.45) is 1.49. The number of aliphatic hydroxyl groups excluding tert-OH is 1. The molecule has 0 aliphatic carbocycles. The molecule has 0 aliphatic rings. The first-order valence-electron chi connectivity index (χ1n) is 6.74. The molecule has 0 fully saturated rings. The van der Waals surface area contributed by atoms with Gasteiger partial charge in [-0.3, -0.25) is 0 Å². The van der Waals surface area contributed by atoms with Gasteiger partial charge in [-0.15, -0.1) is 0 Å². The van der Waals surface area contributed by atoms with Crippen molar-refractivity contribution in [1.29, 1.82) is 0 Å². The molecule has 1 rings (SSSR count). The van der Waals surface area contributed by atoms with E-state index in [1.54, 1.807) is 6.07 Å².